The van der Waals surface area contributed by atoms with Crippen molar-refractivity contribution >= 4 is 43.4 Å². The number of hydrogen-bond acceptors (Lipinski definition) is 3. The Bertz CT molecular complexity index is 1230. The highest BCUT2D eigenvalue weighted by atomic mass is 79.9. The Kier molecular flexibility index (Phi) is 5.85. The van der Waals surface area contributed by atoms with Gasteiger partial charge in [0.2, 0.25) is 0 Å². The van der Waals surface area contributed by atoms with E-state index in [-0.39, 0.29) is 11.6 Å². The summed E-state index contributed by atoms with van der Waals surface area (Å²) in [6, 6.07) is 30.1. The Labute approximate surface area is 209 Å². The summed E-state index contributed by atoms with van der Waals surface area (Å²) >= 11 is 7.57. The van der Waals surface area contributed by atoms with Gasteiger partial charge in [-0.1, -0.05) is 123 Å². The molecule has 2 unspecified atom stereocenters. The van der Waals surface area contributed by atoms with Gasteiger partial charge in [0.05, 0.1) is 20.8 Å². The average molecular weight is 561 g/mol. The molecule has 0 N–H and O–H groups in total. The zero-order valence-corrected chi connectivity index (χ0v) is 20.7. The van der Waals surface area contributed by atoms with Crippen molar-refractivity contribution in [3.05, 3.63) is 126 Å². The molecule has 4 aromatic rings. The molecule has 0 fully saturated rings. The van der Waals surface area contributed by atoms with E-state index in [2.05, 4.69) is 36.8 Å². The van der Waals surface area contributed by atoms with Gasteiger partial charge in [-0.3, -0.25) is 14.6 Å². The molecule has 2 atom stereocenters. The van der Waals surface area contributed by atoms with Crippen molar-refractivity contribution in [3.8, 4) is 11.3 Å². The summed E-state index contributed by atoms with van der Waals surface area (Å²) in [5.74, 6) is -0.181. The summed E-state index contributed by atoms with van der Waals surface area (Å²) in [5.41, 5.74) is 3.65. The van der Waals surface area contributed by atoms with Crippen molar-refractivity contribution in [1.82, 2.24) is 4.98 Å². The molecule has 1 aliphatic carbocycles. The van der Waals surface area contributed by atoms with Gasteiger partial charge in [-0.2, -0.15) is 0 Å². The fourth-order valence-corrected chi connectivity index (χ4v) is 7.13. The van der Waals surface area contributed by atoms with Crippen LogP contribution in [0.25, 0.3) is 11.3 Å². The Hall–Kier alpha value is -2.89. The molecule has 5 heteroatoms. The maximum Gasteiger partial charge on any atom is 0.177 e. The van der Waals surface area contributed by atoms with Crippen LogP contribution in [-0.2, 0) is 5.41 Å². The van der Waals surface area contributed by atoms with Crippen LogP contribution in [0.1, 0.15) is 31.8 Å². The lowest BCUT2D eigenvalue weighted by Crippen LogP contribution is -2.50. The van der Waals surface area contributed by atoms with E-state index in [1.807, 2.05) is 72.8 Å². The first kappa shape index (κ1) is 21.9. The van der Waals surface area contributed by atoms with Crippen LogP contribution in [0.5, 0.6) is 0 Å². The van der Waals surface area contributed by atoms with Crippen LogP contribution >= 0.6 is 31.9 Å². The summed E-state index contributed by atoms with van der Waals surface area (Å²) in [4.78, 5) is 30.9. The quantitative estimate of drug-likeness (QED) is 0.196. The SMILES string of the molecule is O=C(c1ccccc1)C(Br)C1(C(Br)C(=O)c2ccccc2)c2ccccc2-c2ncccc21. The van der Waals surface area contributed by atoms with Gasteiger partial charge in [0.25, 0.3) is 0 Å². The van der Waals surface area contributed by atoms with Crippen LogP contribution in [0, 0.1) is 0 Å². The standard InChI is InChI=1S/C28H19Br2NO2/c29-26(24(32)18-10-3-1-4-11-18)28(27(30)25(33)19-12-5-2-6-13-19)21-15-8-7-14-20(21)23-22(28)16-9-17-31-23/h1-17,26-27H. The number of rotatable bonds is 6. The van der Waals surface area contributed by atoms with Crippen molar-refractivity contribution in [2.45, 2.75) is 15.1 Å². The minimum Gasteiger partial charge on any atom is -0.293 e. The van der Waals surface area contributed by atoms with Crippen molar-refractivity contribution in [2.24, 2.45) is 0 Å². The molecule has 1 aliphatic rings. The molecule has 1 heterocycles. The highest BCUT2D eigenvalue weighted by Crippen LogP contribution is 2.56. The fourth-order valence-electron chi connectivity index (χ4n) is 4.73. The van der Waals surface area contributed by atoms with Crippen LogP contribution in [0.3, 0.4) is 0 Å². The van der Waals surface area contributed by atoms with E-state index in [4.69, 9.17) is 0 Å². The number of aromatic nitrogens is 1. The molecule has 3 aromatic carbocycles. The third kappa shape index (κ3) is 3.42. The summed E-state index contributed by atoms with van der Waals surface area (Å²) in [6.07, 6.45) is 1.75. The smallest absolute Gasteiger partial charge is 0.177 e. The lowest BCUT2D eigenvalue weighted by molar-refractivity contribution is 0.0937. The third-order valence-electron chi connectivity index (χ3n) is 6.26. The summed E-state index contributed by atoms with van der Waals surface area (Å²) < 4.78 is 0. The number of fused-ring (bicyclic) bond motifs is 3. The topological polar surface area (TPSA) is 47.0 Å². The monoisotopic (exact) mass is 559 g/mol. The predicted octanol–water partition coefficient (Wildman–Crippen LogP) is 6.64. The Morgan fingerprint density at radius 2 is 1.12 bits per heavy atom. The fraction of sp³-hybridized carbons (Fsp3) is 0.107. The summed E-state index contributed by atoms with van der Waals surface area (Å²) in [5, 5.41) is 0. The van der Waals surface area contributed by atoms with Crippen LogP contribution in [0.2, 0.25) is 0 Å². The lowest BCUT2D eigenvalue weighted by atomic mass is 9.69. The number of carbonyl (C=O) groups excluding carboxylic acids is 2. The van der Waals surface area contributed by atoms with Crippen LogP contribution in [0.15, 0.2) is 103 Å². The molecule has 0 radical (unpaired) electrons. The van der Waals surface area contributed by atoms with E-state index < -0.39 is 15.1 Å². The summed E-state index contributed by atoms with van der Waals surface area (Å²) in [7, 11) is 0. The zero-order valence-electron chi connectivity index (χ0n) is 17.5. The normalized spacial score (nSPS) is 18.1. The van der Waals surface area contributed by atoms with Gasteiger partial charge < -0.3 is 0 Å². The van der Waals surface area contributed by atoms with E-state index in [0.717, 1.165) is 22.4 Å². The Morgan fingerprint density at radius 3 is 1.70 bits per heavy atom. The molecule has 0 saturated heterocycles. The predicted molar refractivity (Wildman–Crippen MR) is 137 cm³/mol. The van der Waals surface area contributed by atoms with Crippen molar-refractivity contribution in [2.75, 3.05) is 0 Å². The number of carbonyl (C=O) groups is 2. The molecule has 3 nitrogen and oxygen atoms in total. The van der Waals surface area contributed by atoms with Crippen molar-refractivity contribution < 1.29 is 9.59 Å². The van der Waals surface area contributed by atoms with Crippen LogP contribution in [0.4, 0.5) is 0 Å². The average Bonchev–Trinajstić information content (AvgIpc) is 3.19. The van der Waals surface area contributed by atoms with E-state index >= 15 is 0 Å². The maximum atomic E-state index is 13.8. The first-order valence-electron chi connectivity index (χ1n) is 10.6. The van der Waals surface area contributed by atoms with E-state index in [0.29, 0.717) is 11.1 Å². The van der Waals surface area contributed by atoms with Gasteiger partial charge in [0.15, 0.2) is 11.6 Å². The van der Waals surface area contributed by atoms with Gasteiger partial charge >= 0.3 is 0 Å². The first-order chi connectivity index (χ1) is 16.1. The molecule has 0 bridgehead atoms. The highest BCUT2D eigenvalue weighted by Gasteiger charge is 2.57. The molecule has 0 spiro atoms. The number of nitrogens with zero attached hydrogens (tertiary/aromatic N) is 1. The molecule has 5 rings (SSSR count). The van der Waals surface area contributed by atoms with Gasteiger partial charge in [-0.15, -0.1) is 0 Å². The van der Waals surface area contributed by atoms with Gasteiger partial charge in [-0.05, 0) is 17.2 Å². The maximum absolute atomic E-state index is 13.8. The van der Waals surface area contributed by atoms with Crippen molar-refractivity contribution in [3.63, 3.8) is 0 Å². The van der Waals surface area contributed by atoms with E-state index in [1.54, 1.807) is 30.5 Å². The molecule has 0 aliphatic heterocycles. The highest BCUT2D eigenvalue weighted by molar-refractivity contribution is 9.10. The first-order valence-corrected chi connectivity index (χ1v) is 12.4. The second-order valence-electron chi connectivity index (χ2n) is 8.00. The lowest BCUT2D eigenvalue weighted by Gasteiger charge is -2.39. The number of halogens is 2. The van der Waals surface area contributed by atoms with Crippen LogP contribution in [-0.4, -0.2) is 26.2 Å². The van der Waals surface area contributed by atoms with Gasteiger partial charge in [0.1, 0.15) is 0 Å². The van der Waals surface area contributed by atoms with Crippen LogP contribution < -0.4 is 0 Å². The number of alkyl halides is 2. The molecule has 0 amide bonds. The number of benzene rings is 3. The molecule has 162 valence electrons. The number of Topliss-reactive ketones (excluding diaryl/α,β-unsaturated/α-hetero) is 2. The van der Waals surface area contributed by atoms with Crippen molar-refractivity contribution in [1.29, 1.82) is 0 Å². The molecule has 1 aromatic heterocycles. The van der Waals surface area contributed by atoms with E-state index in [1.165, 1.54) is 0 Å². The Balaban J connectivity index is 1.77. The zero-order chi connectivity index (χ0) is 23.0. The van der Waals surface area contributed by atoms with Gasteiger partial charge in [-0.25, -0.2) is 0 Å². The minimum absolute atomic E-state index is 0.0904. The molecular weight excluding hydrogens is 542 g/mol. The van der Waals surface area contributed by atoms with E-state index in [9.17, 15) is 9.59 Å². The largest absolute Gasteiger partial charge is 0.293 e. The second-order valence-corrected chi connectivity index (χ2v) is 9.83. The second kappa shape index (κ2) is 8.81. The summed E-state index contributed by atoms with van der Waals surface area (Å²) in [6.45, 7) is 0. The molecular formula is C28H19Br2NO2. The van der Waals surface area contributed by atoms with Gasteiger partial charge in [0, 0.05) is 22.9 Å². The molecule has 0 saturated carbocycles. The number of pyridine rings is 1. The third-order valence-corrected chi connectivity index (χ3v) is 8.53. The Morgan fingerprint density at radius 1 is 0.636 bits per heavy atom. The number of ketones is 2. The minimum atomic E-state index is -1.000. The number of hydrogen-bond donors (Lipinski definition) is 0. The molecule has 33 heavy (non-hydrogen) atoms.